The second kappa shape index (κ2) is 7.57. The van der Waals surface area contributed by atoms with E-state index in [0.29, 0.717) is 17.0 Å². The first kappa shape index (κ1) is 18.6. The first-order valence-electron chi connectivity index (χ1n) is 8.80. The molecule has 27 heavy (non-hydrogen) atoms. The van der Waals surface area contributed by atoms with Crippen molar-refractivity contribution in [2.24, 2.45) is 0 Å². The maximum atomic E-state index is 11.6. The van der Waals surface area contributed by atoms with E-state index in [-0.39, 0.29) is 17.8 Å². The van der Waals surface area contributed by atoms with Gasteiger partial charge in [-0.05, 0) is 54.5 Å². The minimum absolute atomic E-state index is 0.122. The summed E-state index contributed by atoms with van der Waals surface area (Å²) in [4.78, 5) is 24.3. The summed E-state index contributed by atoms with van der Waals surface area (Å²) in [5, 5.41) is 0.748. The van der Waals surface area contributed by atoms with Crippen LogP contribution in [0.25, 0.3) is 11.0 Å². The topological polar surface area (TPSA) is 117 Å². The number of hydrogen-bond donors (Lipinski definition) is 2. The summed E-state index contributed by atoms with van der Waals surface area (Å²) in [6.45, 7) is 4.14. The van der Waals surface area contributed by atoms with Gasteiger partial charge in [-0.1, -0.05) is 19.1 Å². The van der Waals surface area contributed by atoms with Crippen molar-refractivity contribution in [1.29, 1.82) is 0 Å². The van der Waals surface area contributed by atoms with E-state index in [0.717, 1.165) is 34.9 Å². The number of nitrogens with two attached hydrogens (primary N) is 2. The summed E-state index contributed by atoms with van der Waals surface area (Å²) in [6, 6.07) is 7.54. The third-order valence-corrected chi connectivity index (χ3v) is 4.90. The van der Waals surface area contributed by atoms with E-state index in [1.807, 2.05) is 25.3 Å². The minimum atomic E-state index is -0.334. The van der Waals surface area contributed by atoms with Crippen molar-refractivity contribution in [2.45, 2.75) is 32.6 Å². The number of ether oxygens (including phenoxy) is 1. The van der Waals surface area contributed by atoms with Crippen molar-refractivity contribution < 1.29 is 9.53 Å². The predicted molar refractivity (Wildman–Crippen MR) is 105 cm³/mol. The lowest BCUT2D eigenvalue weighted by Gasteiger charge is -2.18. The van der Waals surface area contributed by atoms with Gasteiger partial charge in [-0.15, -0.1) is 0 Å². The highest BCUT2D eigenvalue weighted by atomic mass is 16.5. The van der Waals surface area contributed by atoms with Crippen LogP contribution < -0.4 is 11.5 Å². The van der Waals surface area contributed by atoms with E-state index in [9.17, 15) is 4.79 Å². The van der Waals surface area contributed by atoms with Crippen molar-refractivity contribution in [1.82, 2.24) is 15.0 Å². The molecule has 0 spiro atoms. The molecule has 7 nitrogen and oxygen atoms in total. The highest BCUT2D eigenvalue weighted by Gasteiger charge is 2.16. The van der Waals surface area contributed by atoms with Gasteiger partial charge in [-0.25, -0.2) is 9.78 Å². The quantitative estimate of drug-likeness (QED) is 0.667. The summed E-state index contributed by atoms with van der Waals surface area (Å²) >= 11 is 0. The molecule has 0 amide bonds. The van der Waals surface area contributed by atoms with Crippen molar-refractivity contribution >= 4 is 28.8 Å². The summed E-state index contributed by atoms with van der Waals surface area (Å²) < 4.78 is 4.76. The molecule has 0 bridgehead atoms. The van der Waals surface area contributed by atoms with Gasteiger partial charge in [0.05, 0.1) is 18.1 Å². The Balaban J connectivity index is 1.92. The Bertz CT molecular complexity index is 986. The van der Waals surface area contributed by atoms with Crippen LogP contribution >= 0.6 is 0 Å². The van der Waals surface area contributed by atoms with Crippen LogP contribution in [0, 0.1) is 6.92 Å². The van der Waals surface area contributed by atoms with E-state index in [1.165, 1.54) is 7.11 Å². The molecule has 1 unspecified atom stereocenters. The van der Waals surface area contributed by atoms with E-state index in [1.54, 1.807) is 12.1 Å². The number of anilines is 2. The highest BCUT2D eigenvalue weighted by Crippen LogP contribution is 2.29. The summed E-state index contributed by atoms with van der Waals surface area (Å²) in [6.07, 6.45) is 3.57. The average molecular weight is 365 g/mol. The number of aromatic nitrogens is 3. The normalized spacial score (nSPS) is 12.1. The maximum Gasteiger partial charge on any atom is 0.337 e. The van der Waals surface area contributed by atoms with Crippen LogP contribution in [0.2, 0.25) is 0 Å². The number of fused-ring (bicyclic) bond motifs is 1. The molecule has 0 saturated heterocycles. The van der Waals surface area contributed by atoms with Crippen LogP contribution in [-0.2, 0) is 11.2 Å². The molecular weight excluding hydrogens is 342 g/mol. The number of nitrogens with zero attached hydrogens (tertiary/aromatic N) is 3. The van der Waals surface area contributed by atoms with Crippen molar-refractivity contribution in [2.75, 3.05) is 18.6 Å². The van der Waals surface area contributed by atoms with E-state index in [2.05, 4.69) is 21.9 Å². The van der Waals surface area contributed by atoms with Crippen LogP contribution in [-0.4, -0.2) is 28.0 Å². The summed E-state index contributed by atoms with van der Waals surface area (Å²) in [7, 11) is 1.38. The highest BCUT2D eigenvalue weighted by molar-refractivity contribution is 5.90. The SMILES string of the molecule is CCC(Cc1cnc2nc(N)nc(N)c2c1C)c1ccc(C(=O)OC)cc1. The molecule has 1 aromatic carbocycles. The molecule has 1 atom stereocenters. The fourth-order valence-corrected chi connectivity index (χ4v) is 3.31. The molecule has 140 valence electrons. The number of benzene rings is 1. The van der Waals surface area contributed by atoms with Gasteiger partial charge in [-0.2, -0.15) is 9.97 Å². The molecule has 3 aromatic rings. The Hall–Kier alpha value is -3.22. The second-order valence-corrected chi connectivity index (χ2v) is 6.50. The Morgan fingerprint density at radius 1 is 1.19 bits per heavy atom. The first-order valence-corrected chi connectivity index (χ1v) is 8.80. The number of pyridine rings is 1. The van der Waals surface area contributed by atoms with Gasteiger partial charge >= 0.3 is 5.97 Å². The number of carbonyl (C=O) groups is 1. The largest absolute Gasteiger partial charge is 0.465 e. The van der Waals surface area contributed by atoms with Gasteiger partial charge in [0, 0.05) is 6.20 Å². The lowest BCUT2D eigenvalue weighted by Crippen LogP contribution is -2.08. The molecule has 7 heteroatoms. The van der Waals surface area contributed by atoms with Crippen molar-refractivity contribution in [3.63, 3.8) is 0 Å². The Labute approximate surface area is 157 Å². The van der Waals surface area contributed by atoms with Crippen molar-refractivity contribution in [3.05, 3.63) is 52.7 Å². The van der Waals surface area contributed by atoms with Gasteiger partial charge in [0.1, 0.15) is 5.82 Å². The minimum Gasteiger partial charge on any atom is -0.465 e. The predicted octanol–water partition coefficient (Wildman–Crippen LogP) is 3.02. The monoisotopic (exact) mass is 365 g/mol. The number of esters is 1. The molecular formula is C20H23N5O2. The molecule has 3 rings (SSSR count). The van der Waals surface area contributed by atoms with Gasteiger partial charge in [-0.3, -0.25) is 0 Å². The third-order valence-electron chi connectivity index (χ3n) is 4.90. The van der Waals surface area contributed by atoms with Gasteiger partial charge in [0.25, 0.3) is 0 Å². The van der Waals surface area contributed by atoms with Crippen LogP contribution in [0.3, 0.4) is 0 Å². The smallest absolute Gasteiger partial charge is 0.337 e. The first-order chi connectivity index (χ1) is 12.9. The zero-order chi connectivity index (χ0) is 19.6. The van der Waals surface area contributed by atoms with Gasteiger partial charge in [0.15, 0.2) is 5.65 Å². The van der Waals surface area contributed by atoms with Gasteiger partial charge in [0.2, 0.25) is 5.95 Å². The van der Waals surface area contributed by atoms with E-state index >= 15 is 0 Å². The van der Waals surface area contributed by atoms with Crippen LogP contribution in [0.15, 0.2) is 30.5 Å². The Morgan fingerprint density at radius 2 is 1.89 bits per heavy atom. The number of methoxy groups -OCH3 is 1. The fourth-order valence-electron chi connectivity index (χ4n) is 3.31. The van der Waals surface area contributed by atoms with Crippen LogP contribution in [0.1, 0.15) is 46.3 Å². The molecule has 0 aliphatic carbocycles. The lowest BCUT2D eigenvalue weighted by molar-refractivity contribution is 0.0600. The zero-order valence-electron chi connectivity index (χ0n) is 15.7. The summed E-state index contributed by atoms with van der Waals surface area (Å²) in [5.41, 5.74) is 16.0. The molecule has 0 radical (unpaired) electrons. The average Bonchev–Trinajstić information content (AvgIpc) is 2.66. The molecule has 4 N–H and O–H groups in total. The van der Waals surface area contributed by atoms with E-state index in [4.69, 9.17) is 16.2 Å². The fraction of sp³-hybridized carbons (Fsp3) is 0.300. The molecule has 2 aromatic heterocycles. The number of hydrogen-bond acceptors (Lipinski definition) is 7. The van der Waals surface area contributed by atoms with Crippen LogP contribution in [0.4, 0.5) is 11.8 Å². The number of nitrogen functional groups attached to an aromatic ring is 2. The number of rotatable bonds is 5. The second-order valence-electron chi connectivity index (χ2n) is 6.50. The number of aryl methyl sites for hydroxylation is 1. The van der Waals surface area contributed by atoms with Gasteiger partial charge < -0.3 is 16.2 Å². The molecule has 2 heterocycles. The molecule has 0 aliphatic rings. The van der Waals surface area contributed by atoms with Crippen LogP contribution in [0.5, 0.6) is 0 Å². The molecule has 0 saturated carbocycles. The summed E-state index contributed by atoms with van der Waals surface area (Å²) in [5.74, 6) is 0.418. The third kappa shape index (κ3) is 3.67. The zero-order valence-corrected chi connectivity index (χ0v) is 15.7. The standard InChI is InChI=1S/C20H23N5O2/c1-4-12(13-5-7-14(8-6-13)19(26)27-3)9-15-10-23-18-16(11(15)2)17(21)24-20(22)25-18/h5-8,10,12H,4,9H2,1-3H3,(H4,21,22,23,24,25). The van der Waals surface area contributed by atoms with E-state index < -0.39 is 0 Å². The molecule has 0 fully saturated rings. The lowest BCUT2D eigenvalue weighted by atomic mass is 9.88. The Kier molecular flexibility index (Phi) is 5.21. The maximum absolute atomic E-state index is 11.6. The Morgan fingerprint density at radius 3 is 2.52 bits per heavy atom. The number of carbonyl (C=O) groups excluding carboxylic acids is 1. The van der Waals surface area contributed by atoms with Crippen molar-refractivity contribution in [3.8, 4) is 0 Å². The molecule has 0 aliphatic heterocycles.